The van der Waals surface area contributed by atoms with E-state index in [-0.39, 0.29) is 0 Å². The van der Waals surface area contributed by atoms with Gasteiger partial charge in [-0.25, -0.2) is 9.50 Å². The molecular formula is C11H15N5. The van der Waals surface area contributed by atoms with Gasteiger partial charge in [-0.15, -0.1) is 0 Å². The van der Waals surface area contributed by atoms with Crippen LogP contribution in [-0.4, -0.2) is 27.2 Å². The largest absolute Gasteiger partial charge is 0.394 e. The van der Waals surface area contributed by atoms with Gasteiger partial charge in [-0.05, 0) is 25.8 Å². The molecule has 2 aromatic heterocycles. The van der Waals surface area contributed by atoms with Gasteiger partial charge in [0.25, 0.3) is 0 Å². The summed E-state index contributed by atoms with van der Waals surface area (Å²) in [5.74, 6) is 1.00. The smallest absolute Gasteiger partial charge is 0.180 e. The first-order chi connectivity index (χ1) is 7.75. The Hall–Kier alpha value is -1.78. The van der Waals surface area contributed by atoms with E-state index in [2.05, 4.69) is 21.9 Å². The third-order valence-electron chi connectivity index (χ3n) is 3.23. The predicted molar refractivity (Wildman–Crippen MR) is 63.4 cm³/mol. The van der Waals surface area contributed by atoms with Crippen LogP contribution in [0.25, 0.3) is 5.65 Å². The minimum absolute atomic E-state index is 0.569. The first-order valence-corrected chi connectivity index (χ1v) is 5.62. The molecule has 1 unspecified atom stereocenters. The molecule has 1 atom stereocenters. The van der Waals surface area contributed by atoms with E-state index in [1.165, 1.54) is 12.8 Å². The van der Waals surface area contributed by atoms with Gasteiger partial charge in [-0.2, -0.15) is 5.10 Å². The van der Waals surface area contributed by atoms with E-state index in [0.29, 0.717) is 11.7 Å². The van der Waals surface area contributed by atoms with E-state index in [4.69, 9.17) is 5.73 Å². The Morgan fingerprint density at radius 2 is 2.38 bits per heavy atom. The molecule has 1 aliphatic heterocycles. The molecule has 3 rings (SSSR count). The quantitative estimate of drug-likeness (QED) is 0.782. The zero-order chi connectivity index (χ0) is 11.1. The van der Waals surface area contributed by atoms with Crippen molar-refractivity contribution in [2.75, 3.05) is 17.2 Å². The maximum atomic E-state index is 5.81. The van der Waals surface area contributed by atoms with Gasteiger partial charge in [-0.3, -0.25) is 0 Å². The Morgan fingerprint density at radius 1 is 1.50 bits per heavy atom. The van der Waals surface area contributed by atoms with Crippen molar-refractivity contribution in [3.63, 3.8) is 0 Å². The van der Waals surface area contributed by atoms with E-state index >= 15 is 0 Å². The highest BCUT2D eigenvalue weighted by atomic mass is 15.3. The summed E-state index contributed by atoms with van der Waals surface area (Å²) in [6, 6.07) is 2.57. The molecule has 0 radical (unpaired) electrons. The summed E-state index contributed by atoms with van der Waals surface area (Å²) in [5.41, 5.74) is 7.19. The van der Waals surface area contributed by atoms with Gasteiger partial charge in [0.15, 0.2) is 5.65 Å². The molecule has 1 fully saturated rings. The number of hydrogen-bond donors (Lipinski definition) is 1. The molecule has 5 heteroatoms. The van der Waals surface area contributed by atoms with Crippen LogP contribution < -0.4 is 10.6 Å². The third-order valence-corrected chi connectivity index (χ3v) is 3.23. The first-order valence-electron chi connectivity index (χ1n) is 5.62. The molecule has 2 N–H and O–H groups in total. The molecule has 1 aliphatic rings. The maximum absolute atomic E-state index is 5.81. The van der Waals surface area contributed by atoms with Crippen molar-refractivity contribution in [2.45, 2.75) is 25.8 Å². The van der Waals surface area contributed by atoms with Gasteiger partial charge in [0.1, 0.15) is 5.82 Å². The number of fused-ring (bicyclic) bond motifs is 1. The van der Waals surface area contributed by atoms with E-state index in [1.54, 1.807) is 10.7 Å². The second kappa shape index (κ2) is 3.37. The Morgan fingerprint density at radius 3 is 3.12 bits per heavy atom. The average Bonchev–Trinajstić information content (AvgIpc) is 2.86. The lowest BCUT2D eigenvalue weighted by atomic mass is 10.2. The van der Waals surface area contributed by atoms with Crippen LogP contribution in [0, 0.1) is 0 Å². The lowest BCUT2D eigenvalue weighted by Gasteiger charge is -2.22. The van der Waals surface area contributed by atoms with Gasteiger partial charge < -0.3 is 10.6 Å². The summed E-state index contributed by atoms with van der Waals surface area (Å²) in [5, 5.41) is 4.12. The summed E-state index contributed by atoms with van der Waals surface area (Å²) in [7, 11) is 0. The normalized spacial score (nSPS) is 20.8. The summed E-state index contributed by atoms with van der Waals surface area (Å²) >= 11 is 0. The lowest BCUT2D eigenvalue weighted by Crippen LogP contribution is -2.27. The Bertz CT molecular complexity index is 518. The van der Waals surface area contributed by atoms with Gasteiger partial charge in [0, 0.05) is 18.8 Å². The molecule has 0 amide bonds. The molecule has 0 saturated carbocycles. The molecule has 16 heavy (non-hydrogen) atoms. The monoisotopic (exact) mass is 217 g/mol. The van der Waals surface area contributed by atoms with Crippen LogP contribution in [0.1, 0.15) is 19.8 Å². The fourth-order valence-electron chi connectivity index (χ4n) is 2.31. The van der Waals surface area contributed by atoms with Gasteiger partial charge in [0.2, 0.25) is 0 Å². The highest BCUT2D eigenvalue weighted by Gasteiger charge is 2.21. The zero-order valence-electron chi connectivity index (χ0n) is 9.30. The number of nitrogens with zero attached hydrogens (tertiary/aromatic N) is 4. The third kappa shape index (κ3) is 1.31. The van der Waals surface area contributed by atoms with Crippen molar-refractivity contribution in [1.29, 1.82) is 0 Å². The average molecular weight is 217 g/mol. The summed E-state index contributed by atoms with van der Waals surface area (Å²) in [6.45, 7) is 3.32. The molecule has 0 aromatic carbocycles. The van der Waals surface area contributed by atoms with Crippen LogP contribution >= 0.6 is 0 Å². The van der Waals surface area contributed by atoms with Crippen LogP contribution in [0.15, 0.2) is 18.5 Å². The van der Waals surface area contributed by atoms with Gasteiger partial charge >= 0.3 is 0 Å². The molecule has 0 spiro atoms. The number of nitrogen functional groups attached to an aromatic ring is 1. The number of anilines is 2. The molecule has 1 saturated heterocycles. The SMILES string of the molecule is CC1CCCN1c1ccn2ncc(N)c2n1. The molecule has 0 aliphatic carbocycles. The van der Waals surface area contributed by atoms with Crippen LogP contribution in [0.2, 0.25) is 0 Å². The second-order valence-electron chi connectivity index (χ2n) is 4.34. The van der Waals surface area contributed by atoms with Crippen LogP contribution in [0.3, 0.4) is 0 Å². The van der Waals surface area contributed by atoms with E-state index in [9.17, 15) is 0 Å². The number of rotatable bonds is 1. The van der Waals surface area contributed by atoms with Crippen molar-refractivity contribution in [1.82, 2.24) is 14.6 Å². The predicted octanol–water partition coefficient (Wildman–Crippen LogP) is 1.30. The van der Waals surface area contributed by atoms with Gasteiger partial charge in [0.05, 0.1) is 11.9 Å². The van der Waals surface area contributed by atoms with Crippen LogP contribution in [0.4, 0.5) is 11.5 Å². The second-order valence-corrected chi connectivity index (χ2v) is 4.34. The van der Waals surface area contributed by atoms with Crippen molar-refractivity contribution in [2.24, 2.45) is 0 Å². The topological polar surface area (TPSA) is 59.5 Å². The highest BCUT2D eigenvalue weighted by Crippen LogP contribution is 2.24. The minimum Gasteiger partial charge on any atom is -0.394 e. The van der Waals surface area contributed by atoms with Gasteiger partial charge in [-0.1, -0.05) is 0 Å². The number of aromatic nitrogens is 3. The van der Waals surface area contributed by atoms with E-state index in [0.717, 1.165) is 18.0 Å². The fraction of sp³-hybridized carbons (Fsp3) is 0.455. The Labute approximate surface area is 93.9 Å². The lowest BCUT2D eigenvalue weighted by molar-refractivity contribution is 0.726. The van der Waals surface area contributed by atoms with Crippen molar-refractivity contribution >= 4 is 17.2 Å². The zero-order valence-corrected chi connectivity index (χ0v) is 9.30. The van der Waals surface area contributed by atoms with Crippen molar-refractivity contribution in [3.05, 3.63) is 18.5 Å². The van der Waals surface area contributed by atoms with Crippen LogP contribution in [-0.2, 0) is 0 Å². The molecule has 0 bridgehead atoms. The fourth-order valence-corrected chi connectivity index (χ4v) is 2.31. The molecule has 3 heterocycles. The molecule has 2 aromatic rings. The first kappa shape index (κ1) is 9.45. The van der Waals surface area contributed by atoms with Crippen molar-refractivity contribution in [3.8, 4) is 0 Å². The van der Waals surface area contributed by atoms with E-state index < -0.39 is 0 Å². The van der Waals surface area contributed by atoms with E-state index in [1.807, 2.05) is 12.3 Å². The minimum atomic E-state index is 0.569. The van der Waals surface area contributed by atoms with Crippen LogP contribution in [0.5, 0.6) is 0 Å². The standard InChI is InChI=1S/C11H15N5/c1-8-3-2-5-15(8)10-4-6-16-11(14-10)9(12)7-13-16/h4,6-8H,2-3,5,12H2,1H3. The summed E-state index contributed by atoms with van der Waals surface area (Å²) in [4.78, 5) is 6.89. The highest BCUT2D eigenvalue weighted by molar-refractivity contribution is 5.65. The summed E-state index contributed by atoms with van der Waals surface area (Å²) < 4.78 is 1.71. The van der Waals surface area contributed by atoms with Crippen molar-refractivity contribution < 1.29 is 0 Å². The Kier molecular flexibility index (Phi) is 1.99. The number of hydrogen-bond acceptors (Lipinski definition) is 4. The maximum Gasteiger partial charge on any atom is 0.180 e. The molecule has 5 nitrogen and oxygen atoms in total. The number of nitrogens with two attached hydrogens (primary N) is 1. The molecular weight excluding hydrogens is 202 g/mol. The molecule has 84 valence electrons. The summed E-state index contributed by atoms with van der Waals surface area (Å²) in [6.07, 6.45) is 6.03. The Balaban J connectivity index is 2.07.